The van der Waals surface area contributed by atoms with E-state index in [1.54, 1.807) is 12.3 Å². The first-order chi connectivity index (χ1) is 4.47. The average Bonchev–Trinajstić information content (AvgIpc) is 2.33. The van der Waals surface area contributed by atoms with Gasteiger partial charge in [0.25, 0.3) is 0 Å². The number of nitrogens with zero attached hydrogens (tertiary/aromatic N) is 4. The molecule has 0 aliphatic rings. The molecule has 0 saturated heterocycles. The van der Waals surface area contributed by atoms with E-state index in [9.17, 15) is 0 Å². The molecule has 0 atom stereocenters. The standard InChI is InChI=1S/C4H3N5/c1-2-5-4-3(1)6-8-9-7-4/h1-2H,(H,5,7,8). The van der Waals surface area contributed by atoms with Gasteiger partial charge in [-0.3, -0.25) is 0 Å². The van der Waals surface area contributed by atoms with Crippen molar-refractivity contribution < 1.29 is 0 Å². The van der Waals surface area contributed by atoms with Crippen LogP contribution in [0.2, 0.25) is 0 Å². The van der Waals surface area contributed by atoms with Crippen LogP contribution in [0.3, 0.4) is 0 Å². The predicted molar refractivity (Wildman–Crippen MR) is 29.5 cm³/mol. The number of nitrogens with one attached hydrogen (secondary N) is 1. The maximum absolute atomic E-state index is 3.69. The van der Waals surface area contributed by atoms with Gasteiger partial charge in [0.1, 0.15) is 5.52 Å². The monoisotopic (exact) mass is 121 g/mol. The van der Waals surface area contributed by atoms with Crippen molar-refractivity contribution in [3.8, 4) is 0 Å². The first-order valence-corrected chi connectivity index (χ1v) is 2.46. The summed E-state index contributed by atoms with van der Waals surface area (Å²) in [4.78, 5) is 2.84. The summed E-state index contributed by atoms with van der Waals surface area (Å²) in [6.07, 6.45) is 1.74. The van der Waals surface area contributed by atoms with Gasteiger partial charge in [-0.25, -0.2) is 0 Å². The third-order valence-corrected chi connectivity index (χ3v) is 1.04. The number of H-pyrrole nitrogens is 1. The molecule has 0 aliphatic heterocycles. The lowest BCUT2D eigenvalue weighted by atomic mass is 10.6. The summed E-state index contributed by atoms with van der Waals surface area (Å²) in [7, 11) is 0. The van der Waals surface area contributed by atoms with Crippen molar-refractivity contribution >= 4 is 11.2 Å². The van der Waals surface area contributed by atoms with E-state index in [1.165, 1.54) is 0 Å². The summed E-state index contributed by atoms with van der Waals surface area (Å²) in [6.45, 7) is 0. The third-order valence-electron chi connectivity index (χ3n) is 1.04. The molecule has 2 aromatic rings. The highest BCUT2D eigenvalue weighted by molar-refractivity contribution is 5.68. The maximum atomic E-state index is 3.69. The van der Waals surface area contributed by atoms with Crippen molar-refractivity contribution in [3.05, 3.63) is 12.3 Å². The van der Waals surface area contributed by atoms with E-state index in [2.05, 4.69) is 25.6 Å². The van der Waals surface area contributed by atoms with Crippen LogP contribution in [0.25, 0.3) is 11.2 Å². The van der Waals surface area contributed by atoms with E-state index in [0.717, 1.165) is 5.52 Å². The van der Waals surface area contributed by atoms with E-state index in [1.807, 2.05) is 0 Å². The van der Waals surface area contributed by atoms with Crippen molar-refractivity contribution in [2.75, 3.05) is 0 Å². The van der Waals surface area contributed by atoms with Crippen LogP contribution in [0, 0.1) is 0 Å². The Labute approximate surface area is 50.1 Å². The highest BCUT2D eigenvalue weighted by Gasteiger charge is 1.92. The van der Waals surface area contributed by atoms with Crippen LogP contribution < -0.4 is 0 Å². The van der Waals surface area contributed by atoms with Gasteiger partial charge in [0.2, 0.25) is 0 Å². The molecular formula is C4H3N5. The Hall–Kier alpha value is -1.52. The summed E-state index contributed by atoms with van der Waals surface area (Å²) < 4.78 is 0. The zero-order valence-electron chi connectivity index (χ0n) is 4.44. The van der Waals surface area contributed by atoms with Crippen LogP contribution in [-0.2, 0) is 0 Å². The molecule has 0 amide bonds. The molecule has 0 aromatic carbocycles. The molecule has 2 rings (SSSR count). The van der Waals surface area contributed by atoms with E-state index in [-0.39, 0.29) is 0 Å². The lowest BCUT2D eigenvalue weighted by Gasteiger charge is -1.78. The topological polar surface area (TPSA) is 67.3 Å². The minimum atomic E-state index is 0.671. The smallest absolute Gasteiger partial charge is 0.182 e. The minimum absolute atomic E-state index is 0.671. The van der Waals surface area contributed by atoms with Crippen LogP contribution in [-0.4, -0.2) is 25.6 Å². The number of aromatic nitrogens is 5. The first-order valence-electron chi connectivity index (χ1n) is 2.46. The SMILES string of the molecule is c1cc2nnnnc2[nH]1. The fraction of sp³-hybridized carbons (Fsp3) is 0. The van der Waals surface area contributed by atoms with Gasteiger partial charge in [-0.05, 0) is 16.5 Å². The molecule has 0 bridgehead atoms. The molecule has 2 heterocycles. The van der Waals surface area contributed by atoms with Gasteiger partial charge in [-0.1, -0.05) is 0 Å². The van der Waals surface area contributed by atoms with Crippen LogP contribution in [0.15, 0.2) is 12.3 Å². The molecule has 5 nitrogen and oxygen atoms in total. The molecule has 9 heavy (non-hydrogen) atoms. The van der Waals surface area contributed by atoms with Crippen LogP contribution in [0.1, 0.15) is 0 Å². The maximum Gasteiger partial charge on any atom is 0.182 e. The van der Waals surface area contributed by atoms with Gasteiger partial charge < -0.3 is 4.98 Å². The van der Waals surface area contributed by atoms with Crippen molar-refractivity contribution in [1.82, 2.24) is 25.6 Å². The number of aromatic amines is 1. The van der Waals surface area contributed by atoms with Gasteiger partial charge in [0.05, 0.1) is 0 Å². The molecule has 0 spiro atoms. The lowest BCUT2D eigenvalue weighted by molar-refractivity contribution is 0.794. The number of rotatable bonds is 0. The van der Waals surface area contributed by atoms with E-state index < -0.39 is 0 Å². The molecule has 0 radical (unpaired) electrons. The van der Waals surface area contributed by atoms with Gasteiger partial charge in [0.15, 0.2) is 5.65 Å². The fourth-order valence-electron chi connectivity index (χ4n) is 0.646. The van der Waals surface area contributed by atoms with Crippen LogP contribution in [0.4, 0.5) is 0 Å². The predicted octanol–water partition coefficient (Wildman–Crippen LogP) is -0.252. The average molecular weight is 121 g/mol. The molecule has 0 aliphatic carbocycles. The molecule has 2 aromatic heterocycles. The van der Waals surface area contributed by atoms with Crippen LogP contribution in [0.5, 0.6) is 0 Å². The normalized spacial score (nSPS) is 10.2. The molecule has 1 N–H and O–H groups in total. The van der Waals surface area contributed by atoms with Gasteiger partial charge in [0, 0.05) is 6.20 Å². The molecular weight excluding hydrogens is 118 g/mol. The number of hydrogen-bond acceptors (Lipinski definition) is 4. The van der Waals surface area contributed by atoms with Gasteiger partial charge >= 0.3 is 0 Å². The zero-order valence-corrected chi connectivity index (χ0v) is 4.44. The summed E-state index contributed by atoms with van der Waals surface area (Å²) in [5, 5.41) is 14.0. The van der Waals surface area contributed by atoms with Gasteiger partial charge in [-0.15, -0.1) is 10.2 Å². The van der Waals surface area contributed by atoms with E-state index >= 15 is 0 Å². The Morgan fingerprint density at radius 2 is 2.11 bits per heavy atom. The van der Waals surface area contributed by atoms with Crippen molar-refractivity contribution in [3.63, 3.8) is 0 Å². The molecule has 0 fully saturated rings. The fourth-order valence-corrected chi connectivity index (χ4v) is 0.646. The summed E-state index contributed by atoms with van der Waals surface area (Å²) in [6, 6.07) is 1.79. The largest absolute Gasteiger partial charge is 0.343 e. The molecule has 44 valence electrons. The highest BCUT2D eigenvalue weighted by Crippen LogP contribution is 1.99. The Balaban J connectivity index is 2.95. The summed E-state index contributed by atoms with van der Waals surface area (Å²) in [5.41, 5.74) is 1.41. The molecule has 5 heteroatoms. The quantitative estimate of drug-likeness (QED) is 0.521. The van der Waals surface area contributed by atoms with Crippen LogP contribution >= 0.6 is 0 Å². The van der Waals surface area contributed by atoms with E-state index in [4.69, 9.17) is 0 Å². The van der Waals surface area contributed by atoms with Crippen molar-refractivity contribution in [1.29, 1.82) is 0 Å². The molecule has 0 saturated carbocycles. The Kier molecular flexibility index (Phi) is 0.717. The number of hydrogen-bond donors (Lipinski definition) is 1. The van der Waals surface area contributed by atoms with E-state index in [0.29, 0.717) is 5.65 Å². The van der Waals surface area contributed by atoms with Crippen molar-refractivity contribution in [2.45, 2.75) is 0 Å². The highest BCUT2D eigenvalue weighted by atomic mass is 15.4. The minimum Gasteiger partial charge on any atom is -0.343 e. The van der Waals surface area contributed by atoms with Crippen molar-refractivity contribution in [2.24, 2.45) is 0 Å². The van der Waals surface area contributed by atoms with Gasteiger partial charge in [-0.2, -0.15) is 0 Å². The third kappa shape index (κ3) is 0.543. The summed E-state index contributed by atoms with van der Waals surface area (Å²) >= 11 is 0. The zero-order chi connectivity index (χ0) is 6.10. The second-order valence-corrected chi connectivity index (χ2v) is 1.59. The first kappa shape index (κ1) is 4.37. The Bertz CT molecular complexity index is 283. The summed E-state index contributed by atoms with van der Waals surface area (Å²) in [5.74, 6) is 0. The Morgan fingerprint density at radius 3 is 3.00 bits per heavy atom. The lowest BCUT2D eigenvalue weighted by Crippen LogP contribution is -1.89. The second kappa shape index (κ2) is 1.48. The number of fused-ring (bicyclic) bond motifs is 1. The molecule has 0 unspecified atom stereocenters. The second-order valence-electron chi connectivity index (χ2n) is 1.59. The Morgan fingerprint density at radius 1 is 1.22 bits per heavy atom.